The highest BCUT2D eigenvalue weighted by atomic mass is 32.2. The summed E-state index contributed by atoms with van der Waals surface area (Å²) in [6, 6.07) is 1.17. The van der Waals surface area contributed by atoms with Gasteiger partial charge in [-0.3, -0.25) is 9.78 Å². The monoisotopic (exact) mass is 270 g/mol. The number of nitrogens with zero attached hydrogens (tertiary/aromatic N) is 1. The third-order valence-electron chi connectivity index (χ3n) is 2.64. The molecule has 2 heterocycles. The Balaban J connectivity index is 2.22. The number of hydrogen-bond donors (Lipinski definition) is 3. The van der Waals surface area contributed by atoms with Gasteiger partial charge in [0.25, 0.3) is 0 Å². The number of sulfonamides is 1. The first-order chi connectivity index (χ1) is 8.53. The van der Waals surface area contributed by atoms with Crippen LogP contribution in [0.4, 0.5) is 5.69 Å². The van der Waals surface area contributed by atoms with Crippen LogP contribution in [0.1, 0.15) is 6.42 Å². The topological polar surface area (TPSA) is 100 Å². The maximum atomic E-state index is 12.1. The molecule has 0 saturated carbocycles. The van der Waals surface area contributed by atoms with Crippen molar-refractivity contribution < 1.29 is 13.2 Å². The Morgan fingerprint density at radius 3 is 2.89 bits per heavy atom. The van der Waals surface area contributed by atoms with Crippen LogP contribution in [0.2, 0.25) is 0 Å². The maximum absolute atomic E-state index is 12.1. The van der Waals surface area contributed by atoms with E-state index in [4.69, 9.17) is 0 Å². The summed E-state index contributed by atoms with van der Waals surface area (Å²) in [5.74, 6) is -0.150. The van der Waals surface area contributed by atoms with Crippen molar-refractivity contribution in [2.75, 3.05) is 18.9 Å². The molecular weight excluding hydrogens is 256 g/mol. The molecule has 1 unspecified atom stereocenters. The minimum Gasteiger partial charge on any atom is -0.387 e. The van der Waals surface area contributed by atoms with Gasteiger partial charge in [-0.25, -0.2) is 13.1 Å². The third kappa shape index (κ3) is 2.59. The number of pyridine rings is 1. The van der Waals surface area contributed by atoms with Crippen LogP contribution in [0, 0.1) is 0 Å². The molecule has 0 bridgehead atoms. The number of anilines is 1. The molecule has 1 saturated heterocycles. The van der Waals surface area contributed by atoms with Gasteiger partial charge in [0.1, 0.15) is 4.90 Å². The molecule has 8 heteroatoms. The zero-order valence-electron chi connectivity index (χ0n) is 9.80. The van der Waals surface area contributed by atoms with Gasteiger partial charge in [0, 0.05) is 38.4 Å². The fourth-order valence-corrected chi connectivity index (χ4v) is 3.16. The number of nitrogens with one attached hydrogen (secondary N) is 3. The normalized spacial score (nSPS) is 19.6. The summed E-state index contributed by atoms with van der Waals surface area (Å²) in [4.78, 5) is 14.9. The van der Waals surface area contributed by atoms with Crippen molar-refractivity contribution in [3.05, 3.63) is 18.5 Å². The summed E-state index contributed by atoms with van der Waals surface area (Å²) in [7, 11) is -2.04. The lowest BCUT2D eigenvalue weighted by Gasteiger charge is -2.13. The quantitative estimate of drug-likeness (QED) is 0.671. The van der Waals surface area contributed by atoms with E-state index < -0.39 is 16.1 Å². The second-order valence-electron chi connectivity index (χ2n) is 3.95. The van der Waals surface area contributed by atoms with E-state index in [2.05, 4.69) is 20.3 Å². The van der Waals surface area contributed by atoms with Crippen molar-refractivity contribution in [1.82, 2.24) is 15.0 Å². The van der Waals surface area contributed by atoms with Crippen LogP contribution in [-0.4, -0.2) is 38.9 Å². The minimum atomic E-state index is -3.68. The third-order valence-corrected chi connectivity index (χ3v) is 4.19. The lowest BCUT2D eigenvalue weighted by Crippen LogP contribution is -2.36. The van der Waals surface area contributed by atoms with Gasteiger partial charge in [-0.2, -0.15) is 0 Å². The highest BCUT2D eigenvalue weighted by molar-refractivity contribution is 7.89. The predicted octanol–water partition coefficient (Wildman–Crippen LogP) is -0.710. The van der Waals surface area contributed by atoms with Gasteiger partial charge in [0.05, 0.1) is 5.69 Å². The molecule has 3 N–H and O–H groups in total. The minimum absolute atomic E-state index is 0.0758. The molecule has 1 amide bonds. The number of aromatic nitrogens is 1. The fourth-order valence-electron chi connectivity index (χ4n) is 1.77. The summed E-state index contributed by atoms with van der Waals surface area (Å²) in [5.41, 5.74) is 0.467. The van der Waals surface area contributed by atoms with Crippen LogP contribution < -0.4 is 15.4 Å². The molecule has 1 fully saturated rings. The summed E-state index contributed by atoms with van der Waals surface area (Å²) < 4.78 is 26.8. The Morgan fingerprint density at radius 1 is 1.50 bits per heavy atom. The first-order valence-electron chi connectivity index (χ1n) is 5.44. The summed E-state index contributed by atoms with van der Waals surface area (Å²) in [6.07, 6.45) is 2.94. The van der Waals surface area contributed by atoms with Crippen LogP contribution >= 0.6 is 0 Å². The van der Waals surface area contributed by atoms with Gasteiger partial charge in [0.2, 0.25) is 15.9 Å². The van der Waals surface area contributed by atoms with E-state index in [9.17, 15) is 13.2 Å². The molecule has 0 radical (unpaired) electrons. The number of hydrogen-bond acceptors (Lipinski definition) is 5. The van der Waals surface area contributed by atoms with Crippen molar-refractivity contribution in [3.8, 4) is 0 Å². The van der Waals surface area contributed by atoms with Crippen molar-refractivity contribution in [2.45, 2.75) is 17.4 Å². The lowest BCUT2D eigenvalue weighted by atomic mass is 10.3. The van der Waals surface area contributed by atoms with Gasteiger partial charge in [0.15, 0.2) is 0 Å². The van der Waals surface area contributed by atoms with E-state index in [1.165, 1.54) is 12.4 Å². The van der Waals surface area contributed by atoms with Crippen LogP contribution in [0.3, 0.4) is 0 Å². The zero-order valence-corrected chi connectivity index (χ0v) is 10.6. The van der Waals surface area contributed by atoms with Gasteiger partial charge >= 0.3 is 0 Å². The molecular formula is C10H14N4O3S. The highest BCUT2D eigenvalue weighted by Crippen LogP contribution is 2.19. The van der Waals surface area contributed by atoms with Gasteiger partial charge in [-0.05, 0) is 6.07 Å². The van der Waals surface area contributed by atoms with Crippen molar-refractivity contribution in [2.24, 2.45) is 0 Å². The molecule has 0 aromatic carbocycles. The predicted molar refractivity (Wildman–Crippen MR) is 65.5 cm³/mol. The molecule has 1 aromatic rings. The maximum Gasteiger partial charge on any atom is 0.244 e. The standard InChI is InChI=1S/C10H14N4O3S/c1-11-8-2-3-12-6-9(8)18(16,17)14-7-4-10(15)13-5-7/h2-3,6-7,14H,4-5H2,1H3,(H,11,12)(H,13,15). The average Bonchev–Trinajstić information content (AvgIpc) is 2.74. The second-order valence-corrected chi connectivity index (χ2v) is 5.63. The Morgan fingerprint density at radius 2 is 2.28 bits per heavy atom. The van der Waals surface area contributed by atoms with E-state index in [0.29, 0.717) is 12.2 Å². The average molecular weight is 270 g/mol. The lowest BCUT2D eigenvalue weighted by molar-refractivity contribution is -0.119. The van der Waals surface area contributed by atoms with Crippen LogP contribution in [0.15, 0.2) is 23.4 Å². The first kappa shape index (κ1) is 12.8. The van der Waals surface area contributed by atoms with Crippen LogP contribution in [0.5, 0.6) is 0 Å². The molecule has 1 aliphatic heterocycles. The van der Waals surface area contributed by atoms with E-state index in [0.717, 1.165) is 0 Å². The first-order valence-corrected chi connectivity index (χ1v) is 6.92. The largest absolute Gasteiger partial charge is 0.387 e. The smallest absolute Gasteiger partial charge is 0.244 e. The molecule has 98 valence electrons. The van der Waals surface area contributed by atoms with E-state index in [1.54, 1.807) is 13.1 Å². The van der Waals surface area contributed by atoms with E-state index in [1.807, 2.05) is 0 Å². The molecule has 1 aromatic heterocycles. The number of carbonyl (C=O) groups excluding carboxylic acids is 1. The van der Waals surface area contributed by atoms with Crippen LogP contribution in [0.25, 0.3) is 0 Å². The van der Waals surface area contributed by atoms with Gasteiger partial charge in [-0.15, -0.1) is 0 Å². The van der Waals surface area contributed by atoms with Crippen molar-refractivity contribution in [1.29, 1.82) is 0 Å². The second kappa shape index (κ2) is 4.91. The Labute approximate surface area is 105 Å². The molecule has 1 atom stereocenters. The molecule has 2 rings (SSSR count). The van der Waals surface area contributed by atoms with E-state index >= 15 is 0 Å². The van der Waals surface area contributed by atoms with Crippen molar-refractivity contribution in [3.63, 3.8) is 0 Å². The fraction of sp³-hybridized carbons (Fsp3) is 0.400. The molecule has 0 spiro atoms. The summed E-state index contributed by atoms with van der Waals surface area (Å²) >= 11 is 0. The van der Waals surface area contributed by atoms with Crippen LogP contribution in [-0.2, 0) is 14.8 Å². The number of rotatable bonds is 4. The van der Waals surface area contributed by atoms with Gasteiger partial charge in [-0.1, -0.05) is 0 Å². The summed E-state index contributed by atoms with van der Waals surface area (Å²) in [5, 5.41) is 5.37. The summed E-state index contributed by atoms with van der Waals surface area (Å²) in [6.45, 7) is 0.313. The highest BCUT2D eigenvalue weighted by Gasteiger charge is 2.28. The van der Waals surface area contributed by atoms with E-state index in [-0.39, 0.29) is 17.2 Å². The zero-order chi connectivity index (χ0) is 13.2. The molecule has 7 nitrogen and oxygen atoms in total. The molecule has 0 aliphatic carbocycles. The SMILES string of the molecule is CNc1ccncc1S(=O)(=O)NC1CNC(=O)C1. The Bertz CT molecular complexity index is 558. The Hall–Kier alpha value is -1.67. The number of amides is 1. The molecule has 18 heavy (non-hydrogen) atoms. The van der Waals surface area contributed by atoms with Gasteiger partial charge < -0.3 is 10.6 Å². The molecule has 1 aliphatic rings. The van der Waals surface area contributed by atoms with Crippen molar-refractivity contribution >= 4 is 21.6 Å². The Kier molecular flexibility index (Phi) is 3.48. The number of carbonyl (C=O) groups is 1.